The largest absolute Gasteiger partial charge is 0.454 e. The molecule has 4 rings (SSSR count). The zero-order valence-corrected chi connectivity index (χ0v) is 14.3. The maximum absolute atomic E-state index is 5.51. The van der Waals surface area contributed by atoms with E-state index in [2.05, 4.69) is 26.8 Å². The molecular formula is C19H20N4O2. The molecular weight excluding hydrogens is 316 g/mol. The van der Waals surface area contributed by atoms with Gasteiger partial charge < -0.3 is 19.4 Å². The lowest BCUT2D eigenvalue weighted by atomic mass is 10.1. The zero-order chi connectivity index (χ0) is 17.2. The smallest absolute Gasteiger partial charge is 0.231 e. The van der Waals surface area contributed by atoms with Gasteiger partial charge >= 0.3 is 0 Å². The molecule has 128 valence electrons. The molecule has 2 aromatic heterocycles. The molecule has 1 aliphatic heterocycles. The Kier molecular flexibility index (Phi) is 4.01. The van der Waals surface area contributed by atoms with Gasteiger partial charge in [0.05, 0.1) is 0 Å². The lowest BCUT2D eigenvalue weighted by molar-refractivity contribution is 0.174. The van der Waals surface area contributed by atoms with Gasteiger partial charge in [0, 0.05) is 49.1 Å². The van der Waals surface area contributed by atoms with E-state index in [-0.39, 0.29) is 6.79 Å². The van der Waals surface area contributed by atoms with Gasteiger partial charge in [-0.25, -0.2) is 4.98 Å². The molecule has 0 radical (unpaired) electrons. The Morgan fingerprint density at radius 2 is 1.96 bits per heavy atom. The molecule has 1 N–H and O–H groups in total. The van der Waals surface area contributed by atoms with Crippen molar-refractivity contribution in [3.8, 4) is 22.9 Å². The van der Waals surface area contributed by atoms with Crippen LogP contribution in [0.5, 0.6) is 11.5 Å². The van der Waals surface area contributed by atoms with Crippen molar-refractivity contribution >= 4 is 5.69 Å². The van der Waals surface area contributed by atoms with Crippen LogP contribution in [0.3, 0.4) is 0 Å². The molecule has 6 heteroatoms. The third-order valence-corrected chi connectivity index (χ3v) is 4.36. The number of hydrogen-bond acceptors (Lipinski definition) is 5. The average molecular weight is 336 g/mol. The van der Waals surface area contributed by atoms with Gasteiger partial charge in [-0.15, -0.1) is 0 Å². The predicted molar refractivity (Wildman–Crippen MR) is 96.0 cm³/mol. The van der Waals surface area contributed by atoms with Gasteiger partial charge in [0.25, 0.3) is 0 Å². The van der Waals surface area contributed by atoms with Crippen molar-refractivity contribution in [2.45, 2.75) is 20.4 Å². The number of anilines is 1. The summed E-state index contributed by atoms with van der Waals surface area (Å²) >= 11 is 0. The van der Waals surface area contributed by atoms with Crippen molar-refractivity contribution in [1.29, 1.82) is 0 Å². The highest BCUT2D eigenvalue weighted by Gasteiger charge is 2.18. The highest BCUT2D eigenvalue weighted by Crippen LogP contribution is 2.37. The SMILES string of the molecule is Cc1cnccc1NCCn1ccnc1-c1cc2c(cc1C)OCO2. The lowest BCUT2D eigenvalue weighted by Crippen LogP contribution is -2.12. The van der Waals surface area contributed by atoms with E-state index in [0.717, 1.165) is 52.8 Å². The van der Waals surface area contributed by atoms with Crippen molar-refractivity contribution in [3.63, 3.8) is 0 Å². The minimum absolute atomic E-state index is 0.280. The molecule has 1 aliphatic rings. The molecule has 0 saturated carbocycles. The van der Waals surface area contributed by atoms with E-state index in [1.807, 2.05) is 43.7 Å². The minimum atomic E-state index is 0.280. The van der Waals surface area contributed by atoms with E-state index in [4.69, 9.17) is 9.47 Å². The molecule has 0 bridgehead atoms. The average Bonchev–Trinajstić information content (AvgIpc) is 3.24. The van der Waals surface area contributed by atoms with Crippen molar-refractivity contribution in [2.24, 2.45) is 0 Å². The fraction of sp³-hybridized carbons (Fsp3) is 0.263. The molecule has 0 fully saturated rings. The Balaban J connectivity index is 1.52. The van der Waals surface area contributed by atoms with Gasteiger partial charge in [0.15, 0.2) is 11.5 Å². The number of hydrogen-bond donors (Lipinski definition) is 1. The van der Waals surface area contributed by atoms with Gasteiger partial charge in [-0.1, -0.05) is 0 Å². The van der Waals surface area contributed by atoms with Gasteiger partial charge in [-0.2, -0.15) is 0 Å². The Labute approximate surface area is 146 Å². The van der Waals surface area contributed by atoms with E-state index < -0.39 is 0 Å². The van der Waals surface area contributed by atoms with Crippen molar-refractivity contribution in [2.75, 3.05) is 18.7 Å². The Bertz CT molecular complexity index is 904. The first kappa shape index (κ1) is 15.5. The van der Waals surface area contributed by atoms with Crippen LogP contribution in [0.2, 0.25) is 0 Å². The number of ether oxygens (including phenoxy) is 2. The van der Waals surface area contributed by atoms with Gasteiger partial charge in [-0.3, -0.25) is 4.98 Å². The van der Waals surface area contributed by atoms with E-state index in [1.165, 1.54) is 0 Å². The van der Waals surface area contributed by atoms with Crippen LogP contribution in [0.25, 0.3) is 11.4 Å². The second kappa shape index (κ2) is 6.47. The summed E-state index contributed by atoms with van der Waals surface area (Å²) < 4.78 is 13.1. The second-order valence-electron chi connectivity index (χ2n) is 6.08. The summed E-state index contributed by atoms with van der Waals surface area (Å²) in [5.74, 6) is 2.51. The van der Waals surface area contributed by atoms with Crippen LogP contribution in [-0.2, 0) is 6.54 Å². The molecule has 0 atom stereocenters. The van der Waals surface area contributed by atoms with E-state index in [1.54, 1.807) is 6.20 Å². The summed E-state index contributed by atoms with van der Waals surface area (Å²) in [5, 5.41) is 3.45. The first-order valence-electron chi connectivity index (χ1n) is 8.28. The van der Waals surface area contributed by atoms with Crippen LogP contribution in [0.15, 0.2) is 43.0 Å². The third-order valence-electron chi connectivity index (χ3n) is 4.36. The molecule has 0 saturated heterocycles. The van der Waals surface area contributed by atoms with Crippen LogP contribution in [0, 0.1) is 13.8 Å². The first-order chi connectivity index (χ1) is 12.2. The number of aromatic nitrogens is 3. The third kappa shape index (κ3) is 3.03. The molecule has 3 aromatic rings. The number of imidazole rings is 1. The standard InChI is InChI=1S/C19H20N4O2/c1-13-9-17-18(25-12-24-17)10-15(13)19-22-6-8-23(19)7-5-21-16-3-4-20-11-14(16)2/h3-4,6,8-11H,5,7,12H2,1-2H3,(H,20,21). The molecule has 0 amide bonds. The molecule has 0 unspecified atom stereocenters. The van der Waals surface area contributed by atoms with Crippen molar-refractivity contribution in [1.82, 2.24) is 14.5 Å². The molecule has 3 heterocycles. The molecule has 0 aliphatic carbocycles. The molecule has 25 heavy (non-hydrogen) atoms. The number of fused-ring (bicyclic) bond motifs is 1. The number of benzene rings is 1. The summed E-state index contributed by atoms with van der Waals surface area (Å²) in [7, 11) is 0. The van der Waals surface area contributed by atoms with Crippen molar-refractivity contribution < 1.29 is 9.47 Å². The van der Waals surface area contributed by atoms with Gasteiger partial charge in [-0.05, 0) is 43.2 Å². The molecule has 0 spiro atoms. The zero-order valence-electron chi connectivity index (χ0n) is 14.3. The number of nitrogens with zero attached hydrogens (tertiary/aromatic N) is 3. The minimum Gasteiger partial charge on any atom is -0.454 e. The lowest BCUT2D eigenvalue weighted by Gasteiger charge is -2.13. The predicted octanol–water partition coefficient (Wildman–Crippen LogP) is 3.40. The fourth-order valence-corrected chi connectivity index (χ4v) is 3.00. The van der Waals surface area contributed by atoms with E-state index in [9.17, 15) is 0 Å². The number of aryl methyl sites for hydroxylation is 2. The Morgan fingerprint density at radius 3 is 2.80 bits per heavy atom. The highest BCUT2D eigenvalue weighted by atomic mass is 16.7. The topological polar surface area (TPSA) is 61.2 Å². The fourth-order valence-electron chi connectivity index (χ4n) is 3.00. The highest BCUT2D eigenvalue weighted by molar-refractivity contribution is 5.66. The van der Waals surface area contributed by atoms with Gasteiger partial charge in [0.2, 0.25) is 6.79 Å². The van der Waals surface area contributed by atoms with Crippen LogP contribution in [0.1, 0.15) is 11.1 Å². The summed E-state index contributed by atoms with van der Waals surface area (Å²) in [6.45, 7) is 6.01. The van der Waals surface area contributed by atoms with Crippen LogP contribution in [0.4, 0.5) is 5.69 Å². The monoisotopic (exact) mass is 336 g/mol. The summed E-state index contributed by atoms with van der Waals surface area (Å²) in [6, 6.07) is 6.01. The quantitative estimate of drug-likeness (QED) is 0.774. The van der Waals surface area contributed by atoms with Gasteiger partial charge in [0.1, 0.15) is 5.82 Å². The first-order valence-corrected chi connectivity index (χ1v) is 8.28. The second-order valence-corrected chi connectivity index (χ2v) is 6.08. The number of nitrogens with one attached hydrogen (secondary N) is 1. The Morgan fingerprint density at radius 1 is 1.12 bits per heavy atom. The maximum Gasteiger partial charge on any atom is 0.231 e. The molecule has 1 aromatic carbocycles. The number of pyridine rings is 1. The van der Waals surface area contributed by atoms with E-state index >= 15 is 0 Å². The molecule has 6 nitrogen and oxygen atoms in total. The van der Waals surface area contributed by atoms with Crippen molar-refractivity contribution in [3.05, 3.63) is 54.1 Å². The summed E-state index contributed by atoms with van der Waals surface area (Å²) in [5.41, 5.74) is 4.43. The Hall–Kier alpha value is -3.02. The summed E-state index contributed by atoms with van der Waals surface area (Å²) in [6.07, 6.45) is 7.49. The maximum atomic E-state index is 5.51. The number of rotatable bonds is 5. The van der Waals surface area contributed by atoms with Crippen LogP contribution in [-0.4, -0.2) is 27.9 Å². The van der Waals surface area contributed by atoms with E-state index in [0.29, 0.717) is 0 Å². The van der Waals surface area contributed by atoms with Crippen LogP contribution >= 0.6 is 0 Å². The normalized spacial score (nSPS) is 12.4. The van der Waals surface area contributed by atoms with Crippen LogP contribution < -0.4 is 14.8 Å². The summed E-state index contributed by atoms with van der Waals surface area (Å²) in [4.78, 5) is 8.66.